The first-order valence-corrected chi connectivity index (χ1v) is 5.64. The molecule has 90 valence electrons. The number of hydrogen-bond acceptors (Lipinski definition) is 4. The van der Waals surface area contributed by atoms with E-state index < -0.39 is 11.9 Å². The highest BCUT2D eigenvalue weighted by Crippen LogP contribution is 2.42. The number of fused-ring (bicyclic) bond motifs is 2. The van der Waals surface area contributed by atoms with Crippen molar-refractivity contribution in [2.24, 2.45) is 5.92 Å². The van der Waals surface area contributed by atoms with Crippen LogP contribution in [0.4, 0.5) is 0 Å². The Labute approximate surface area is 97.2 Å². The number of amides is 1. The molecule has 0 saturated carbocycles. The maximum Gasteiger partial charge on any atom is 0.308 e. The van der Waals surface area contributed by atoms with E-state index in [1.54, 1.807) is 4.90 Å². The lowest BCUT2D eigenvalue weighted by atomic mass is 9.89. The number of aliphatic carboxylic acids is 1. The minimum atomic E-state index is -0.812. The minimum absolute atomic E-state index is 0.0405. The van der Waals surface area contributed by atoms with Crippen LogP contribution in [-0.4, -0.2) is 39.1 Å². The molecule has 3 unspecified atom stereocenters. The summed E-state index contributed by atoms with van der Waals surface area (Å²) in [6, 6.07) is 1.37. The molecule has 6 heteroatoms. The third kappa shape index (κ3) is 1.44. The molecule has 1 aromatic heterocycles. The fourth-order valence-corrected chi connectivity index (χ4v) is 3.02. The Bertz CT molecular complexity index is 456. The molecule has 3 heterocycles. The van der Waals surface area contributed by atoms with Gasteiger partial charge in [-0.1, -0.05) is 5.16 Å². The van der Waals surface area contributed by atoms with Gasteiger partial charge in [0.05, 0.1) is 12.1 Å². The van der Waals surface area contributed by atoms with Crippen molar-refractivity contribution in [1.82, 2.24) is 10.1 Å². The smallest absolute Gasteiger partial charge is 0.308 e. The molecule has 1 N–H and O–H groups in total. The molecule has 0 radical (unpaired) electrons. The summed E-state index contributed by atoms with van der Waals surface area (Å²) in [6.07, 6.45) is 3.62. The zero-order chi connectivity index (χ0) is 12.0. The average molecular weight is 236 g/mol. The van der Waals surface area contributed by atoms with Crippen LogP contribution in [-0.2, 0) is 4.79 Å². The molecular weight excluding hydrogens is 224 g/mol. The summed E-state index contributed by atoms with van der Waals surface area (Å²) in [5.41, 5.74) is 0. The van der Waals surface area contributed by atoms with Crippen molar-refractivity contribution < 1.29 is 19.2 Å². The van der Waals surface area contributed by atoms with Gasteiger partial charge >= 0.3 is 5.97 Å². The predicted octanol–water partition coefficient (Wildman–Crippen LogP) is 0.752. The van der Waals surface area contributed by atoms with Crippen molar-refractivity contribution >= 4 is 11.9 Å². The maximum atomic E-state index is 12.1. The van der Waals surface area contributed by atoms with Crippen LogP contribution >= 0.6 is 0 Å². The first-order chi connectivity index (χ1) is 8.18. The standard InChI is InChI=1S/C11H12N2O4/c14-10(9-3-4-12-17-9)13-6-1-2-8(13)7(5-6)11(15)16/h3-4,6-8H,1-2,5H2,(H,15,16). The van der Waals surface area contributed by atoms with E-state index in [0.717, 1.165) is 12.8 Å². The zero-order valence-corrected chi connectivity index (χ0v) is 9.07. The van der Waals surface area contributed by atoms with E-state index in [0.29, 0.717) is 6.42 Å². The number of carbonyl (C=O) groups is 2. The second kappa shape index (κ2) is 3.58. The Hall–Kier alpha value is -1.85. The number of carboxylic acids is 1. The molecule has 0 spiro atoms. The van der Waals surface area contributed by atoms with Crippen molar-refractivity contribution in [1.29, 1.82) is 0 Å². The second-order valence-corrected chi connectivity index (χ2v) is 4.57. The predicted molar refractivity (Wildman–Crippen MR) is 55.2 cm³/mol. The number of rotatable bonds is 2. The molecule has 2 bridgehead atoms. The molecule has 3 rings (SSSR count). The number of hydrogen-bond donors (Lipinski definition) is 1. The highest BCUT2D eigenvalue weighted by Gasteiger charge is 2.51. The Morgan fingerprint density at radius 2 is 2.29 bits per heavy atom. The lowest BCUT2D eigenvalue weighted by Gasteiger charge is -2.21. The lowest BCUT2D eigenvalue weighted by molar-refractivity contribution is -0.142. The Morgan fingerprint density at radius 3 is 2.88 bits per heavy atom. The molecule has 0 aliphatic carbocycles. The first-order valence-electron chi connectivity index (χ1n) is 5.64. The van der Waals surface area contributed by atoms with Crippen LogP contribution < -0.4 is 0 Å². The topological polar surface area (TPSA) is 83.6 Å². The van der Waals surface area contributed by atoms with Crippen LogP contribution in [0.3, 0.4) is 0 Å². The molecule has 2 aliphatic heterocycles. The summed E-state index contributed by atoms with van der Waals surface area (Å²) in [6.45, 7) is 0. The van der Waals surface area contributed by atoms with Crippen molar-refractivity contribution in [3.05, 3.63) is 18.0 Å². The number of aromatic nitrogens is 1. The van der Waals surface area contributed by atoms with Gasteiger partial charge in [-0.15, -0.1) is 0 Å². The number of carbonyl (C=O) groups excluding carboxylic acids is 1. The molecule has 6 nitrogen and oxygen atoms in total. The summed E-state index contributed by atoms with van der Waals surface area (Å²) < 4.78 is 4.84. The van der Waals surface area contributed by atoms with Gasteiger partial charge in [-0.05, 0) is 19.3 Å². The quantitative estimate of drug-likeness (QED) is 0.819. The van der Waals surface area contributed by atoms with Crippen molar-refractivity contribution in [2.45, 2.75) is 31.3 Å². The average Bonchev–Trinajstić information content (AvgIpc) is 3.03. The van der Waals surface area contributed by atoms with E-state index in [-0.39, 0.29) is 23.8 Å². The van der Waals surface area contributed by atoms with Crippen molar-refractivity contribution in [3.63, 3.8) is 0 Å². The van der Waals surface area contributed by atoms with Crippen LogP contribution in [0.1, 0.15) is 29.8 Å². The fraction of sp³-hybridized carbons (Fsp3) is 0.545. The molecule has 2 aliphatic rings. The molecule has 3 atom stereocenters. The monoisotopic (exact) mass is 236 g/mol. The third-order valence-electron chi connectivity index (χ3n) is 3.74. The number of carboxylic acid groups (broad SMARTS) is 1. The summed E-state index contributed by atoms with van der Waals surface area (Å²) >= 11 is 0. The summed E-state index contributed by atoms with van der Waals surface area (Å²) in [4.78, 5) is 24.9. The molecule has 2 fully saturated rings. The highest BCUT2D eigenvalue weighted by molar-refractivity contribution is 5.93. The molecule has 0 aromatic carbocycles. The van der Waals surface area contributed by atoms with Gasteiger partial charge < -0.3 is 14.5 Å². The van der Waals surface area contributed by atoms with Crippen molar-refractivity contribution in [3.8, 4) is 0 Å². The Morgan fingerprint density at radius 1 is 1.47 bits per heavy atom. The van der Waals surface area contributed by atoms with E-state index in [4.69, 9.17) is 9.63 Å². The van der Waals surface area contributed by atoms with Crippen LogP contribution in [0.25, 0.3) is 0 Å². The first kappa shape index (κ1) is 10.3. The van der Waals surface area contributed by atoms with E-state index in [2.05, 4.69) is 5.16 Å². The van der Waals surface area contributed by atoms with Gasteiger partial charge in [-0.25, -0.2) is 0 Å². The Balaban J connectivity index is 1.86. The second-order valence-electron chi connectivity index (χ2n) is 4.57. The molecule has 1 aromatic rings. The van der Waals surface area contributed by atoms with Gasteiger partial charge in [0, 0.05) is 18.2 Å². The molecule has 1 amide bonds. The highest BCUT2D eigenvalue weighted by atomic mass is 16.5. The molecular formula is C11H12N2O4. The van der Waals surface area contributed by atoms with Gasteiger partial charge in [0.1, 0.15) is 0 Å². The number of nitrogens with zero attached hydrogens (tertiary/aromatic N) is 2. The minimum Gasteiger partial charge on any atom is -0.481 e. The third-order valence-corrected chi connectivity index (χ3v) is 3.74. The van der Waals surface area contributed by atoms with Crippen molar-refractivity contribution in [2.75, 3.05) is 0 Å². The fourth-order valence-electron chi connectivity index (χ4n) is 3.02. The SMILES string of the molecule is O=C(O)C1CC2CCC1N2C(=O)c1ccno1. The van der Waals surface area contributed by atoms with Gasteiger partial charge in [0.15, 0.2) is 0 Å². The van der Waals surface area contributed by atoms with E-state index in [9.17, 15) is 9.59 Å². The maximum absolute atomic E-state index is 12.1. The zero-order valence-electron chi connectivity index (χ0n) is 9.07. The van der Waals surface area contributed by atoms with Crippen LogP contribution in [0.15, 0.2) is 16.8 Å². The summed E-state index contributed by atoms with van der Waals surface area (Å²) in [7, 11) is 0. The van der Waals surface area contributed by atoms with E-state index >= 15 is 0 Å². The van der Waals surface area contributed by atoms with Gasteiger partial charge in [0.25, 0.3) is 5.91 Å². The molecule has 2 saturated heterocycles. The van der Waals surface area contributed by atoms with Crippen LogP contribution in [0, 0.1) is 5.92 Å². The Kier molecular flexibility index (Phi) is 2.17. The summed E-state index contributed by atoms with van der Waals surface area (Å²) in [5, 5.41) is 12.6. The lowest BCUT2D eigenvalue weighted by Crippen LogP contribution is -2.37. The summed E-state index contributed by atoms with van der Waals surface area (Å²) in [5.74, 6) is -1.29. The van der Waals surface area contributed by atoms with E-state index in [1.165, 1.54) is 12.3 Å². The van der Waals surface area contributed by atoms with Gasteiger partial charge in [-0.2, -0.15) is 0 Å². The van der Waals surface area contributed by atoms with E-state index in [1.807, 2.05) is 0 Å². The van der Waals surface area contributed by atoms with Gasteiger partial charge in [0.2, 0.25) is 5.76 Å². The molecule has 17 heavy (non-hydrogen) atoms. The largest absolute Gasteiger partial charge is 0.481 e. The van der Waals surface area contributed by atoms with Gasteiger partial charge in [-0.3, -0.25) is 9.59 Å². The van der Waals surface area contributed by atoms with Crippen LogP contribution in [0.5, 0.6) is 0 Å². The normalized spacial score (nSPS) is 30.8. The van der Waals surface area contributed by atoms with Crippen LogP contribution in [0.2, 0.25) is 0 Å².